The predicted octanol–water partition coefficient (Wildman–Crippen LogP) is 4.98. The molecule has 14 heteroatoms. The third kappa shape index (κ3) is 4.41. The zero-order valence-corrected chi connectivity index (χ0v) is 18.7. The fraction of sp³-hybridized carbons (Fsp3) is 0.190. The van der Waals surface area contributed by atoms with E-state index >= 15 is 0 Å². The average molecular weight is 512 g/mol. The fourth-order valence-electron chi connectivity index (χ4n) is 3.29. The van der Waals surface area contributed by atoms with Crippen molar-refractivity contribution in [3.63, 3.8) is 0 Å². The number of benzene rings is 1. The molecule has 4 aromatic rings. The molecule has 0 atom stereocenters. The summed E-state index contributed by atoms with van der Waals surface area (Å²) < 4.78 is 72.8. The topological polar surface area (TPSA) is 105 Å². The molecule has 0 spiro atoms. The van der Waals surface area contributed by atoms with Gasteiger partial charge in [0.25, 0.3) is 0 Å². The third-order valence-electron chi connectivity index (χ3n) is 4.70. The summed E-state index contributed by atoms with van der Waals surface area (Å²) in [6, 6.07) is 4.83. The van der Waals surface area contributed by atoms with E-state index in [4.69, 9.17) is 25.6 Å². The Balaban J connectivity index is 1.97. The van der Waals surface area contributed by atoms with E-state index in [0.29, 0.717) is 4.68 Å². The summed E-state index contributed by atoms with van der Waals surface area (Å²) >= 11 is 6.07. The minimum absolute atomic E-state index is 0.0223. The summed E-state index contributed by atoms with van der Waals surface area (Å²) in [5, 5.41) is 7.28. The lowest BCUT2D eigenvalue weighted by molar-refractivity contribution is -0.142. The molecule has 0 saturated carbocycles. The second-order valence-corrected chi connectivity index (χ2v) is 7.19. The van der Waals surface area contributed by atoms with E-state index in [0.717, 1.165) is 31.8 Å². The summed E-state index contributed by atoms with van der Waals surface area (Å²) in [5.74, 6) is -2.90. The summed E-state index contributed by atoms with van der Waals surface area (Å²) in [6.07, 6.45) is -3.18. The average Bonchev–Trinajstić information content (AvgIpc) is 3.43. The third-order valence-corrected chi connectivity index (χ3v) is 5.02. The maximum absolute atomic E-state index is 14.5. The van der Waals surface area contributed by atoms with Gasteiger partial charge in [0.1, 0.15) is 23.4 Å². The number of aromatic nitrogens is 5. The van der Waals surface area contributed by atoms with Gasteiger partial charge in [0.2, 0.25) is 5.88 Å². The van der Waals surface area contributed by atoms with Crippen molar-refractivity contribution in [2.24, 2.45) is 0 Å². The van der Waals surface area contributed by atoms with Crippen molar-refractivity contribution < 1.29 is 36.4 Å². The highest BCUT2D eigenvalue weighted by molar-refractivity contribution is 6.33. The Labute approximate surface area is 199 Å². The SMILES string of the molecule is CCOc1cc(-n2ncc(-c3onc(-c4c(F)cccc4Cl)c3C(=O)OC)c2C(F)(F)F)ncn1. The number of carbonyl (C=O) groups excluding carboxylic acids is 1. The number of rotatable bonds is 6. The molecule has 0 unspecified atom stereocenters. The second-order valence-electron chi connectivity index (χ2n) is 6.79. The van der Waals surface area contributed by atoms with E-state index in [9.17, 15) is 22.4 Å². The van der Waals surface area contributed by atoms with E-state index in [2.05, 4.69) is 20.2 Å². The van der Waals surface area contributed by atoms with Crippen molar-refractivity contribution in [2.45, 2.75) is 13.1 Å². The highest BCUT2D eigenvalue weighted by atomic mass is 35.5. The Hall–Kier alpha value is -4.00. The normalized spacial score (nSPS) is 11.5. The minimum Gasteiger partial charge on any atom is -0.478 e. The van der Waals surface area contributed by atoms with Crippen molar-refractivity contribution >= 4 is 17.6 Å². The van der Waals surface area contributed by atoms with Crippen LogP contribution in [0.1, 0.15) is 23.0 Å². The number of carbonyl (C=O) groups is 1. The highest BCUT2D eigenvalue weighted by Crippen LogP contribution is 2.43. The molecule has 0 bridgehead atoms. The van der Waals surface area contributed by atoms with Crippen LogP contribution in [-0.4, -0.2) is 44.6 Å². The van der Waals surface area contributed by atoms with Crippen LogP contribution in [0.2, 0.25) is 5.02 Å². The molecule has 0 amide bonds. The summed E-state index contributed by atoms with van der Waals surface area (Å²) in [7, 11) is 0.996. The molecule has 3 aromatic heterocycles. The molecule has 0 radical (unpaired) electrons. The Morgan fingerprint density at radius 2 is 2.03 bits per heavy atom. The zero-order chi connectivity index (χ0) is 25.3. The Bertz CT molecular complexity index is 1380. The van der Waals surface area contributed by atoms with Gasteiger partial charge in [0, 0.05) is 6.07 Å². The Morgan fingerprint density at radius 3 is 2.69 bits per heavy atom. The van der Waals surface area contributed by atoms with Crippen molar-refractivity contribution in [3.05, 3.63) is 58.9 Å². The van der Waals surface area contributed by atoms with E-state index in [1.165, 1.54) is 12.1 Å². The zero-order valence-electron chi connectivity index (χ0n) is 17.9. The maximum Gasteiger partial charge on any atom is 0.434 e. The first-order valence-electron chi connectivity index (χ1n) is 9.80. The number of hydrogen-bond acceptors (Lipinski definition) is 8. The van der Waals surface area contributed by atoms with Gasteiger partial charge in [0.15, 0.2) is 17.3 Å². The van der Waals surface area contributed by atoms with E-state index in [1.54, 1.807) is 6.92 Å². The first-order valence-corrected chi connectivity index (χ1v) is 10.2. The van der Waals surface area contributed by atoms with Crippen LogP contribution in [0.15, 0.2) is 41.3 Å². The molecule has 3 heterocycles. The summed E-state index contributed by atoms with van der Waals surface area (Å²) in [5.41, 5.74) is -3.35. The summed E-state index contributed by atoms with van der Waals surface area (Å²) in [6.45, 7) is 1.89. The van der Waals surface area contributed by atoms with E-state index in [-0.39, 0.29) is 28.9 Å². The van der Waals surface area contributed by atoms with Crippen LogP contribution in [-0.2, 0) is 10.9 Å². The molecule has 0 aliphatic carbocycles. The van der Waals surface area contributed by atoms with Gasteiger partial charge < -0.3 is 14.0 Å². The van der Waals surface area contributed by atoms with Crippen molar-refractivity contribution in [1.29, 1.82) is 0 Å². The molecular formula is C21H14ClF4N5O4. The molecule has 4 rings (SSSR count). The van der Waals surface area contributed by atoms with Gasteiger partial charge in [0.05, 0.1) is 36.1 Å². The standard InChI is InChI=1S/C21H14ClF4N5O4/c1-3-34-14-7-13(27-9-28-14)31-19(21(24,25)26)10(8-29-31)18-16(20(32)33-2)17(30-35-18)15-11(22)5-4-6-12(15)23/h4-9H,3H2,1-2H3. The van der Waals surface area contributed by atoms with Crippen LogP contribution in [0.4, 0.5) is 17.6 Å². The second kappa shape index (κ2) is 9.33. The molecule has 9 nitrogen and oxygen atoms in total. The number of nitrogens with zero attached hydrogens (tertiary/aromatic N) is 5. The van der Waals surface area contributed by atoms with Crippen LogP contribution in [0.25, 0.3) is 28.4 Å². The number of methoxy groups -OCH3 is 1. The Kier molecular flexibility index (Phi) is 6.43. The number of hydrogen-bond donors (Lipinski definition) is 0. The molecule has 0 fully saturated rings. The van der Waals surface area contributed by atoms with Crippen LogP contribution < -0.4 is 4.74 Å². The molecule has 182 valence electrons. The van der Waals surface area contributed by atoms with Gasteiger partial charge in [-0.15, -0.1) is 0 Å². The largest absolute Gasteiger partial charge is 0.478 e. The van der Waals surface area contributed by atoms with Gasteiger partial charge in [-0.3, -0.25) is 0 Å². The first kappa shape index (κ1) is 24.1. The van der Waals surface area contributed by atoms with E-state index in [1.807, 2.05) is 0 Å². The number of alkyl halides is 3. The van der Waals surface area contributed by atoms with E-state index < -0.39 is 46.2 Å². The van der Waals surface area contributed by atoms with Crippen LogP contribution in [0.3, 0.4) is 0 Å². The molecule has 35 heavy (non-hydrogen) atoms. The molecule has 1 aromatic carbocycles. The van der Waals surface area contributed by atoms with Gasteiger partial charge in [-0.25, -0.2) is 23.8 Å². The van der Waals surface area contributed by atoms with Gasteiger partial charge in [-0.1, -0.05) is 22.8 Å². The molecule has 0 N–H and O–H groups in total. The van der Waals surface area contributed by atoms with Gasteiger partial charge >= 0.3 is 12.1 Å². The number of esters is 1. The molecule has 0 aliphatic heterocycles. The lowest BCUT2D eigenvalue weighted by Crippen LogP contribution is -2.16. The highest BCUT2D eigenvalue weighted by Gasteiger charge is 2.42. The smallest absolute Gasteiger partial charge is 0.434 e. The van der Waals surface area contributed by atoms with Crippen molar-refractivity contribution in [2.75, 3.05) is 13.7 Å². The molecular weight excluding hydrogens is 498 g/mol. The number of ether oxygens (including phenoxy) is 2. The summed E-state index contributed by atoms with van der Waals surface area (Å²) in [4.78, 5) is 20.3. The monoisotopic (exact) mass is 511 g/mol. The van der Waals surface area contributed by atoms with Gasteiger partial charge in [-0.05, 0) is 19.1 Å². The van der Waals surface area contributed by atoms with Crippen LogP contribution in [0, 0.1) is 5.82 Å². The molecule has 0 saturated heterocycles. The minimum atomic E-state index is -5.00. The fourth-order valence-corrected chi connectivity index (χ4v) is 3.55. The van der Waals surface area contributed by atoms with Crippen LogP contribution in [0.5, 0.6) is 5.88 Å². The maximum atomic E-state index is 14.5. The van der Waals surface area contributed by atoms with Crippen molar-refractivity contribution in [3.8, 4) is 34.3 Å². The molecule has 0 aliphatic rings. The van der Waals surface area contributed by atoms with Crippen molar-refractivity contribution in [1.82, 2.24) is 24.9 Å². The first-order chi connectivity index (χ1) is 16.7. The number of halogens is 5. The quantitative estimate of drug-likeness (QED) is 0.263. The Morgan fingerprint density at radius 1 is 1.26 bits per heavy atom. The lowest BCUT2D eigenvalue weighted by Gasteiger charge is -2.12. The lowest BCUT2D eigenvalue weighted by atomic mass is 10.0. The van der Waals surface area contributed by atoms with Gasteiger partial charge in [-0.2, -0.15) is 18.3 Å². The predicted molar refractivity (Wildman–Crippen MR) is 113 cm³/mol. The van der Waals surface area contributed by atoms with Crippen LogP contribution >= 0.6 is 11.6 Å².